The molecule has 0 saturated carbocycles. The van der Waals surface area contributed by atoms with Crippen LogP contribution in [-0.4, -0.2) is 60.1 Å². The fourth-order valence-electron chi connectivity index (χ4n) is 2.44. The van der Waals surface area contributed by atoms with Crippen LogP contribution in [0.4, 0.5) is 0 Å². The Kier molecular flexibility index (Phi) is 4.04. The molecule has 0 aliphatic carbocycles. The van der Waals surface area contributed by atoms with Crippen molar-refractivity contribution in [2.24, 2.45) is 5.92 Å². The average Bonchev–Trinajstić information content (AvgIpc) is 2.94. The highest BCUT2D eigenvalue weighted by Gasteiger charge is 2.34. The lowest BCUT2D eigenvalue weighted by Gasteiger charge is -2.14. The first-order valence-corrected chi connectivity index (χ1v) is 6.37. The molecule has 3 unspecified atom stereocenters. The van der Waals surface area contributed by atoms with E-state index in [1.807, 2.05) is 0 Å². The molecule has 2 aliphatic heterocycles. The fraction of sp³-hybridized carbons (Fsp3) is 0.750. The number of nitrogens with zero attached hydrogens (tertiary/aromatic N) is 1. The van der Waals surface area contributed by atoms with Gasteiger partial charge >= 0.3 is 5.97 Å². The van der Waals surface area contributed by atoms with Gasteiger partial charge in [-0.2, -0.15) is 0 Å². The van der Waals surface area contributed by atoms with Crippen molar-refractivity contribution in [3.63, 3.8) is 0 Å². The molecular weight excluding hydrogens is 252 g/mol. The van der Waals surface area contributed by atoms with Gasteiger partial charge in [-0.3, -0.25) is 9.59 Å². The first-order valence-electron chi connectivity index (χ1n) is 6.37. The molecule has 106 valence electrons. The molecule has 19 heavy (non-hydrogen) atoms. The number of ether oxygens (including phenoxy) is 1. The van der Waals surface area contributed by atoms with E-state index in [4.69, 9.17) is 9.84 Å². The first kappa shape index (κ1) is 13.8. The van der Waals surface area contributed by atoms with Crippen LogP contribution >= 0.6 is 0 Å². The molecule has 2 fully saturated rings. The van der Waals surface area contributed by atoms with Crippen LogP contribution in [0.5, 0.6) is 0 Å². The Hall–Kier alpha value is -1.63. The second-order valence-corrected chi connectivity index (χ2v) is 5.08. The second-order valence-electron chi connectivity index (χ2n) is 5.08. The summed E-state index contributed by atoms with van der Waals surface area (Å²) in [5, 5.41) is 11.5. The number of carboxylic acid groups (broad SMARTS) is 1. The molecule has 2 N–H and O–H groups in total. The lowest BCUT2D eigenvalue weighted by Crippen LogP contribution is -2.37. The van der Waals surface area contributed by atoms with E-state index in [0.29, 0.717) is 25.9 Å². The van der Waals surface area contributed by atoms with Crippen LogP contribution in [-0.2, 0) is 19.1 Å². The third kappa shape index (κ3) is 3.23. The van der Waals surface area contributed by atoms with Gasteiger partial charge in [-0.05, 0) is 12.8 Å². The van der Waals surface area contributed by atoms with Gasteiger partial charge in [0.1, 0.15) is 0 Å². The third-order valence-electron chi connectivity index (χ3n) is 3.60. The number of amides is 2. The van der Waals surface area contributed by atoms with Crippen molar-refractivity contribution in [3.05, 3.63) is 0 Å². The molecule has 2 heterocycles. The first-order chi connectivity index (χ1) is 8.97. The van der Waals surface area contributed by atoms with Crippen LogP contribution in [0.2, 0.25) is 0 Å². The summed E-state index contributed by atoms with van der Waals surface area (Å²) in [6, 6.07) is 0. The minimum Gasteiger partial charge on any atom is -0.479 e. The van der Waals surface area contributed by atoms with Crippen molar-refractivity contribution in [3.8, 4) is 0 Å². The number of rotatable bonds is 4. The maximum Gasteiger partial charge on any atom is 0.332 e. The van der Waals surface area contributed by atoms with Crippen molar-refractivity contribution < 1.29 is 24.2 Å². The van der Waals surface area contributed by atoms with Gasteiger partial charge in [0.2, 0.25) is 11.8 Å². The Labute approximate surface area is 110 Å². The van der Waals surface area contributed by atoms with Gasteiger partial charge in [0, 0.05) is 26.6 Å². The van der Waals surface area contributed by atoms with E-state index in [0.717, 1.165) is 0 Å². The average molecular weight is 270 g/mol. The van der Waals surface area contributed by atoms with E-state index in [1.54, 1.807) is 7.05 Å². The van der Waals surface area contributed by atoms with E-state index < -0.39 is 12.1 Å². The second kappa shape index (κ2) is 5.56. The topological polar surface area (TPSA) is 95.9 Å². The van der Waals surface area contributed by atoms with E-state index in [2.05, 4.69) is 5.32 Å². The fourth-order valence-corrected chi connectivity index (χ4v) is 2.44. The molecule has 2 amide bonds. The molecule has 0 radical (unpaired) electrons. The number of hydrogen-bond acceptors (Lipinski definition) is 4. The van der Waals surface area contributed by atoms with Crippen LogP contribution < -0.4 is 5.32 Å². The SMILES string of the molecule is CN1CC(C(=O)NCC2CCC(C(=O)O)O2)CC1=O. The zero-order valence-electron chi connectivity index (χ0n) is 10.8. The summed E-state index contributed by atoms with van der Waals surface area (Å²) in [7, 11) is 1.67. The highest BCUT2D eigenvalue weighted by molar-refractivity contribution is 5.89. The maximum absolute atomic E-state index is 11.8. The molecule has 0 aromatic rings. The van der Waals surface area contributed by atoms with Crippen LogP contribution in [0.25, 0.3) is 0 Å². The van der Waals surface area contributed by atoms with Crippen LogP contribution in [0.3, 0.4) is 0 Å². The molecule has 0 aromatic heterocycles. The Morgan fingerprint density at radius 3 is 2.74 bits per heavy atom. The van der Waals surface area contributed by atoms with E-state index in [1.165, 1.54) is 4.90 Å². The molecular formula is C12H18N2O5. The molecule has 2 saturated heterocycles. The summed E-state index contributed by atoms with van der Waals surface area (Å²) in [6.07, 6.45) is 0.327. The summed E-state index contributed by atoms with van der Waals surface area (Å²) < 4.78 is 5.29. The number of likely N-dealkylation sites (tertiary alicyclic amines) is 1. The number of carbonyl (C=O) groups excluding carboxylic acids is 2. The van der Waals surface area contributed by atoms with Crippen LogP contribution in [0, 0.1) is 5.92 Å². The zero-order chi connectivity index (χ0) is 14.0. The third-order valence-corrected chi connectivity index (χ3v) is 3.60. The molecule has 7 nitrogen and oxygen atoms in total. The standard InChI is InChI=1S/C12H18N2O5/c1-14-6-7(4-10(14)15)11(16)13-5-8-2-3-9(19-8)12(17)18/h7-9H,2-6H2,1H3,(H,13,16)(H,17,18). The Morgan fingerprint density at radius 1 is 1.47 bits per heavy atom. The van der Waals surface area contributed by atoms with E-state index >= 15 is 0 Å². The van der Waals surface area contributed by atoms with E-state index in [9.17, 15) is 14.4 Å². The predicted molar refractivity (Wildman–Crippen MR) is 64.3 cm³/mol. The van der Waals surface area contributed by atoms with Gasteiger partial charge in [0.25, 0.3) is 0 Å². The molecule has 3 atom stereocenters. The molecule has 0 aromatic carbocycles. The summed E-state index contributed by atoms with van der Waals surface area (Å²) >= 11 is 0. The van der Waals surface area contributed by atoms with Crippen molar-refractivity contribution in [2.45, 2.75) is 31.5 Å². The van der Waals surface area contributed by atoms with Gasteiger partial charge in [0.05, 0.1) is 12.0 Å². The largest absolute Gasteiger partial charge is 0.479 e. The van der Waals surface area contributed by atoms with Crippen molar-refractivity contribution >= 4 is 17.8 Å². The minimum absolute atomic E-state index is 0.0248. The molecule has 2 rings (SSSR count). The summed E-state index contributed by atoms with van der Waals surface area (Å²) in [5.41, 5.74) is 0. The molecule has 0 spiro atoms. The normalized spacial score (nSPS) is 30.7. The molecule has 0 bridgehead atoms. The van der Waals surface area contributed by atoms with Crippen LogP contribution in [0.1, 0.15) is 19.3 Å². The summed E-state index contributed by atoms with van der Waals surface area (Å²) in [6.45, 7) is 0.741. The summed E-state index contributed by atoms with van der Waals surface area (Å²) in [4.78, 5) is 35.4. The van der Waals surface area contributed by atoms with Crippen LogP contribution in [0.15, 0.2) is 0 Å². The quantitative estimate of drug-likeness (QED) is 0.698. The highest BCUT2D eigenvalue weighted by atomic mass is 16.5. The lowest BCUT2D eigenvalue weighted by molar-refractivity contribution is -0.149. The van der Waals surface area contributed by atoms with Gasteiger partial charge in [-0.15, -0.1) is 0 Å². The number of aliphatic carboxylic acids is 1. The minimum atomic E-state index is -0.961. The number of carboxylic acids is 1. The molecule has 2 aliphatic rings. The van der Waals surface area contributed by atoms with Crippen molar-refractivity contribution in [1.82, 2.24) is 10.2 Å². The van der Waals surface area contributed by atoms with Crippen molar-refractivity contribution in [1.29, 1.82) is 0 Å². The van der Waals surface area contributed by atoms with Gasteiger partial charge in [-0.1, -0.05) is 0 Å². The number of carbonyl (C=O) groups is 3. The number of nitrogens with one attached hydrogen (secondary N) is 1. The summed E-state index contributed by atoms with van der Waals surface area (Å²) in [5.74, 6) is -1.46. The van der Waals surface area contributed by atoms with Gasteiger partial charge < -0.3 is 20.1 Å². The van der Waals surface area contributed by atoms with Gasteiger partial charge in [0.15, 0.2) is 6.10 Å². The number of hydrogen-bond donors (Lipinski definition) is 2. The van der Waals surface area contributed by atoms with Gasteiger partial charge in [-0.25, -0.2) is 4.79 Å². The smallest absolute Gasteiger partial charge is 0.332 e. The monoisotopic (exact) mass is 270 g/mol. The lowest BCUT2D eigenvalue weighted by atomic mass is 10.1. The van der Waals surface area contributed by atoms with Crippen molar-refractivity contribution in [2.75, 3.05) is 20.1 Å². The maximum atomic E-state index is 11.8. The Morgan fingerprint density at radius 2 is 2.21 bits per heavy atom. The van der Waals surface area contributed by atoms with E-state index in [-0.39, 0.29) is 30.3 Å². The Balaban J connectivity index is 1.73. The zero-order valence-corrected chi connectivity index (χ0v) is 10.8. The predicted octanol–water partition coefficient (Wildman–Crippen LogP) is -0.787. The highest BCUT2D eigenvalue weighted by Crippen LogP contribution is 2.20. The molecule has 7 heteroatoms. The Bertz CT molecular complexity index is 398.